The van der Waals surface area contributed by atoms with E-state index in [0.717, 1.165) is 0 Å². The molecule has 0 bridgehead atoms. The Bertz CT molecular complexity index is 416. The molecule has 0 spiro atoms. The van der Waals surface area contributed by atoms with Gasteiger partial charge in [0.1, 0.15) is 5.54 Å². The van der Waals surface area contributed by atoms with Gasteiger partial charge in [0, 0.05) is 17.5 Å². The second-order valence-electron chi connectivity index (χ2n) is 4.10. The first-order chi connectivity index (χ1) is 7.53. The van der Waals surface area contributed by atoms with E-state index in [1.54, 1.807) is 13.0 Å². The lowest BCUT2D eigenvalue weighted by Crippen LogP contribution is -2.42. The molecule has 0 unspecified atom stereocenters. The SMILES string of the molecule is Cc1cc(C(=O)NC2(C(F)F)CC2)ccn1. The maximum Gasteiger partial charge on any atom is 0.261 e. The largest absolute Gasteiger partial charge is 0.341 e. The van der Waals surface area contributed by atoms with Crippen LogP contribution >= 0.6 is 0 Å². The third kappa shape index (κ3) is 2.03. The van der Waals surface area contributed by atoms with Gasteiger partial charge in [0.25, 0.3) is 12.3 Å². The summed E-state index contributed by atoms with van der Waals surface area (Å²) >= 11 is 0. The van der Waals surface area contributed by atoms with Gasteiger partial charge in [-0.25, -0.2) is 8.78 Å². The zero-order valence-electron chi connectivity index (χ0n) is 8.84. The first-order valence-corrected chi connectivity index (χ1v) is 5.07. The average Bonchev–Trinajstić information content (AvgIpc) is 2.99. The molecular weight excluding hydrogens is 214 g/mol. The van der Waals surface area contributed by atoms with Gasteiger partial charge in [-0.05, 0) is 31.9 Å². The molecule has 16 heavy (non-hydrogen) atoms. The van der Waals surface area contributed by atoms with Crippen LogP contribution in [-0.2, 0) is 0 Å². The van der Waals surface area contributed by atoms with Gasteiger partial charge in [0.15, 0.2) is 0 Å². The minimum absolute atomic E-state index is 0.348. The molecule has 5 heteroatoms. The van der Waals surface area contributed by atoms with Gasteiger partial charge in [-0.2, -0.15) is 0 Å². The lowest BCUT2D eigenvalue weighted by molar-refractivity contribution is 0.0680. The molecule has 1 heterocycles. The number of pyridine rings is 1. The van der Waals surface area contributed by atoms with E-state index < -0.39 is 17.9 Å². The molecule has 1 aromatic heterocycles. The van der Waals surface area contributed by atoms with Crippen LogP contribution in [0.25, 0.3) is 0 Å². The number of rotatable bonds is 3. The van der Waals surface area contributed by atoms with E-state index in [1.165, 1.54) is 12.3 Å². The highest BCUT2D eigenvalue weighted by molar-refractivity contribution is 5.95. The van der Waals surface area contributed by atoms with Gasteiger partial charge >= 0.3 is 0 Å². The number of aromatic nitrogens is 1. The molecule has 86 valence electrons. The Morgan fingerprint density at radius 1 is 1.56 bits per heavy atom. The number of aryl methyl sites for hydroxylation is 1. The second-order valence-corrected chi connectivity index (χ2v) is 4.10. The maximum absolute atomic E-state index is 12.6. The summed E-state index contributed by atoms with van der Waals surface area (Å²) in [5, 5.41) is 2.39. The van der Waals surface area contributed by atoms with Crippen LogP contribution < -0.4 is 5.32 Å². The van der Waals surface area contributed by atoms with Crippen molar-refractivity contribution in [2.75, 3.05) is 0 Å². The number of hydrogen-bond donors (Lipinski definition) is 1. The standard InChI is InChI=1S/C11H12F2N2O/c1-7-6-8(2-5-14-7)9(16)15-11(3-4-11)10(12)13/h2,5-6,10H,3-4H2,1H3,(H,15,16). The van der Waals surface area contributed by atoms with E-state index in [4.69, 9.17) is 0 Å². The fraction of sp³-hybridized carbons (Fsp3) is 0.455. The molecular formula is C11H12F2N2O. The summed E-state index contributed by atoms with van der Waals surface area (Å²) in [5.74, 6) is -0.455. The number of carbonyl (C=O) groups excluding carboxylic acids is 1. The first kappa shape index (κ1) is 11.0. The molecule has 1 aliphatic carbocycles. The molecule has 1 aromatic rings. The summed E-state index contributed by atoms with van der Waals surface area (Å²) in [5.41, 5.74) is -0.220. The van der Waals surface area contributed by atoms with Gasteiger partial charge in [0.2, 0.25) is 0 Å². The van der Waals surface area contributed by atoms with Crippen LogP contribution in [0.2, 0.25) is 0 Å². The molecule has 1 fully saturated rings. The summed E-state index contributed by atoms with van der Waals surface area (Å²) in [6.45, 7) is 1.75. The van der Waals surface area contributed by atoms with Crippen molar-refractivity contribution < 1.29 is 13.6 Å². The molecule has 1 aliphatic rings. The fourth-order valence-electron chi connectivity index (χ4n) is 1.52. The molecule has 1 saturated carbocycles. The molecule has 0 atom stereocenters. The van der Waals surface area contributed by atoms with Crippen molar-refractivity contribution in [2.45, 2.75) is 31.7 Å². The highest BCUT2D eigenvalue weighted by Crippen LogP contribution is 2.41. The minimum Gasteiger partial charge on any atom is -0.341 e. The highest BCUT2D eigenvalue weighted by atomic mass is 19.3. The number of nitrogens with zero attached hydrogens (tertiary/aromatic N) is 1. The summed E-state index contributed by atoms with van der Waals surface area (Å²) in [6, 6.07) is 3.10. The van der Waals surface area contributed by atoms with Crippen LogP contribution in [-0.4, -0.2) is 22.9 Å². The number of carbonyl (C=O) groups is 1. The topological polar surface area (TPSA) is 42.0 Å². The first-order valence-electron chi connectivity index (χ1n) is 5.07. The van der Waals surface area contributed by atoms with Crippen molar-refractivity contribution in [1.82, 2.24) is 10.3 Å². The third-order valence-electron chi connectivity index (χ3n) is 2.73. The Morgan fingerprint density at radius 2 is 2.25 bits per heavy atom. The summed E-state index contributed by atoms with van der Waals surface area (Å²) in [6.07, 6.45) is -0.313. The number of nitrogens with one attached hydrogen (secondary N) is 1. The zero-order valence-corrected chi connectivity index (χ0v) is 8.84. The van der Waals surface area contributed by atoms with Crippen molar-refractivity contribution in [1.29, 1.82) is 0 Å². The van der Waals surface area contributed by atoms with Crippen LogP contribution in [0, 0.1) is 6.92 Å². The summed E-state index contributed by atoms with van der Waals surface area (Å²) < 4.78 is 25.2. The minimum atomic E-state index is -2.50. The van der Waals surface area contributed by atoms with E-state index in [-0.39, 0.29) is 0 Å². The van der Waals surface area contributed by atoms with Gasteiger partial charge < -0.3 is 5.32 Å². The number of hydrogen-bond acceptors (Lipinski definition) is 2. The van der Waals surface area contributed by atoms with Crippen molar-refractivity contribution in [3.63, 3.8) is 0 Å². The Balaban J connectivity index is 2.09. The molecule has 0 aliphatic heterocycles. The van der Waals surface area contributed by atoms with Crippen LogP contribution in [0.4, 0.5) is 8.78 Å². The molecule has 0 radical (unpaired) electrons. The van der Waals surface area contributed by atoms with Crippen LogP contribution in [0.5, 0.6) is 0 Å². The van der Waals surface area contributed by atoms with E-state index >= 15 is 0 Å². The lowest BCUT2D eigenvalue weighted by atomic mass is 10.2. The molecule has 0 aromatic carbocycles. The monoisotopic (exact) mass is 226 g/mol. The fourth-order valence-corrected chi connectivity index (χ4v) is 1.52. The number of alkyl halides is 2. The normalized spacial score (nSPS) is 17.2. The molecule has 0 saturated heterocycles. The predicted molar refractivity (Wildman–Crippen MR) is 54.4 cm³/mol. The Hall–Kier alpha value is -1.52. The van der Waals surface area contributed by atoms with E-state index in [2.05, 4.69) is 10.3 Å². The number of amides is 1. The predicted octanol–water partition coefficient (Wildman–Crippen LogP) is 1.92. The summed E-state index contributed by atoms with van der Waals surface area (Å²) in [4.78, 5) is 15.6. The second kappa shape index (κ2) is 3.81. The molecule has 3 nitrogen and oxygen atoms in total. The quantitative estimate of drug-likeness (QED) is 0.855. The van der Waals surface area contributed by atoms with Crippen LogP contribution in [0.1, 0.15) is 28.9 Å². The maximum atomic E-state index is 12.6. The average molecular weight is 226 g/mol. The van der Waals surface area contributed by atoms with Gasteiger partial charge in [-0.1, -0.05) is 0 Å². The Morgan fingerprint density at radius 3 is 2.75 bits per heavy atom. The van der Waals surface area contributed by atoms with Gasteiger partial charge in [0.05, 0.1) is 0 Å². The molecule has 1 amide bonds. The smallest absolute Gasteiger partial charge is 0.261 e. The van der Waals surface area contributed by atoms with Crippen LogP contribution in [0.3, 0.4) is 0 Å². The Kier molecular flexibility index (Phi) is 2.61. The zero-order chi connectivity index (χ0) is 11.8. The lowest BCUT2D eigenvalue weighted by Gasteiger charge is -2.16. The highest BCUT2D eigenvalue weighted by Gasteiger charge is 2.52. The van der Waals surface area contributed by atoms with Crippen molar-refractivity contribution in [3.05, 3.63) is 29.6 Å². The van der Waals surface area contributed by atoms with E-state index in [9.17, 15) is 13.6 Å². The van der Waals surface area contributed by atoms with Gasteiger partial charge in [-0.3, -0.25) is 9.78 Å². The van der Waals surface area contributed by atoms with Crippen molar-refractivity contribution in [2.24, 2.45) is 0 Å². The third-order valence-corrected chi connectivity index (χ3v) is 2.73. The van der Waals surface area contributed by atoms with E-state index in [0.29, 0.717) is 24.1 Å². The molecule has 1 N–H and O–H groups in total. The van der Waals surface area contributed by atoms with E-state index in [1.807, 2.05) is 0 Å². The van der Waals surface area contributed by atoms with Crippen molar-refractivity contribution in [3.8, 4) is 0 Å². The summed E-state index contributed by atoms with van der Waals surface area (Å²) in [7, 11) is 0. The Labute approximate surface area is 91.9 Å². The van der Waals surface area contributed by atoms with Gasteiger partial charge in [-0.15, -0.1) is 0 Å². The van der Waals surface area contributed by atoms with Crippen LogP contribution in [0.15, 0.2) is 18.3 Å². The molecule has 2 rings (SSSR count). The number of halogens is 2. The van der Waals surface area contributed by atoms with Crippen molar-refractivity contribution >= 4 is 5.91 Å².